The van der Waals surface area contributed by atoms with Crippen LogP contribution in [-0.4, -0.2) is 31.2 Å². The Labute approximate surface area is 98.4 Å². The Bertz CT molecular complexity index is 293. The molecule has 0 spiro atoms. The molecule has 0 unspecified atom stereocenters. The van der Waals surface area contributed by atoms with Crippen LogP contribution in [0.15, 0.2) is 24.3 Å². The maximum absolute atomic E-state index is 5.23. The molecule has 14 heavy (non-hydrogen) atoms. The van der Waals surface area contributed by atoms with Gasteiger partial charge in [0.15, 0.2) is 0 Å². The van der Waals surface area contributed by atoms with Crippen LogP contribution in [-0.2, 0) is 11.3 Å². The van der Waals surface area contributed by atoms with Crippen LogP contribution in [0.25, 0.3) is 0 Å². The Morgan fingerprint density at radius 3 is 2.57 bits per heavy atom. The number of hydrogen-bond donors (Lipinski definition) is 0. The second kappa shape index (κ2) is 4.59. The Morgan fingerprint density at radius 2 is 2.00 bits per heavy atom. The van der Waals surface area contributed by atoms with Gasteiger partial charge in [-0.05, 0) is 40.3 Å². The van der Waals surface area contributed by atoms with Crippen molar-refractivity contribution < 1.29 is 4.74 Å². The van der Waals surface area contributed by atoms with Crippen molar-refractivity contribution in [2.24, 2.45) is 0 Å². The maximum Gasteiger partial charge on any atom is 0.0825 e. The fourth-order valence-electron chi connectivity index (χ4n) is 1.65. The number of nitrogens with zero attached hydrogens (tertiary/aromatic N) is 1. The van der Waals surface area contributed by atoms with Crippen LogP contribution >= 0.6 is 22.6 Å². The Kier molecular flexibility index (Phi) is 3.41. The third-order valence-electron chi connectivity index (χ3n) is 2.58. The Morgan fingerprint density at radius 1 is 1.36 bits per heavy atom. The summed E-state index contributed by atoms with van der Waals surface area (Å²) in [5, 5.41) is 0. The Balaban J connectivity index is 1.84. The molecule has 1 heterocycles. The lowest BCUT2D eigenvalue weighted by atomic mass is 10.1. The molecule has 1 aliphatic heterocycles. The van der Waals surface area contributed by atoms with E-state index in [0.29, 0.717) is 6.10 Å². The molecule has 0 saturated carbocycles. The topological polar surface area (TPSA) is 12.5 Å². The number of halogens is 1. The van der Waals surface area contributed by atoms with Crippen LogP contribution in [0.5, 0.6) is 0 Å². The van der Waals surface area contributed by atoms with Crippen molar-refractivity contribution in [2.45, 2.75) is 12.6 Å². The van der Waals surface area contributed by atoms with Crippen molar-refractivity contribution in [3.63, 3.8) is 0 Å². The second-order valence-corrected chi connectivity index (χ2v) is 4.92. The SMILES string of the molecule is COC1CN(Cc2ccc(I)cc2)C1. The van der Waals surface area contributed by atoms with Gasteiger partial charge in [0.25, 0.3) is 0 Å². The standard InChI is InChI=1S/C11H14INO/c1-14-11-7-13(8-11)6-9-2-4-10(12)5-3-9/h2-5,11H,6-8H2,1H3. The van der Waals surface area contributed by atoms with Crippen LogP contribution in [0.1, 0.15) is 5.56 Å². The summed E-state index contributed by atoms with van der Waals surface area (Å²) in [6.07, 6.45) is 0.457. The lowest BCUT2D eigenvalue weighted by Gasteiger charge is -2.38. The van der Waals surface area contributed by atoms with Gasteiger partial charge in [-0.2, -0.15) is 0 Å². The Hall–Kier alpha value is -0.130. The van der Waals surface area contributed by atoms with Gasteiger partial charge in [0.1, 0.15) is 0 Å². The monoisotopic (exact) mass is 303 g/mol. The maximum atomic E-state index is 5.23. The largest absolute Gasteiger partial charge is 0.379 e. The number of benzene rings is 1. The van der Waals surface area contributed by atoms with E-state index >= 15 is 0 Å². The summed E-state index contributed by atoms with van der Waals surface area (Å²) in [5.74, 6) is 0. The molecule has 0 N–H and O–H groups in total. The van der Waals surface area contributed by atoms with Gasteiger partial charge in [-0.1, -0.05) is 12.1 Å². The van der Waals surface area contributed by atoms with Gasteiger partial charge >= 0.3 is 0 Å². The van der Waals surface area contributed by atoms with Crippen LogP contribution in [0.2, 0.25) is 0 Å². The average Bonchev–Trinajstić information content (AvgIpc) is 2.13. The molecule has 76 valence electrons. The van der Waals surface area contributed by atoms with Gasteiger partial charge in [-0.3, -0.25) is 4.90 Å². The second-order valence-electron chi connectivity index (χ2n) is 3.68. The van der Waals surface area contributed by atoms with Crippen molar-refractivity contribution in [3.8, 4) is 0 Å². The number of rotatable bonds is 3. The van der Waals surface area contributed by atoms with E-state index in [1.54, 1.807) is 7.11 Å². The number of methoxy groups -OCH3 is 1. The average molecular weight is 303 g/mol. The first-order chi connectivity index (χ1) is 6.78. The molecule has 0 aromatic heterocycles. The first-order valence-corrected chi connectivity index (χ1v) is 5.85. The smallest absolute Gasteiger partial charge is 0.0825 e. The molecular weight excluding hydrogens is 289 g/mol. The van der Waals surface area contributed by atoms with Gasteiger partial charge < -0.3 is 4.74 Å². The van der Waals surface area contributed by atoms with E-state index < -0.39 is 0 Å². The third kappa shape index (κ3) is 2.46. The summed E-state index contributed by atoms with van der Waals surface area (Å²) < 4.78 is 6.53. The molecule has 1 fully saturated rings. The molecule has 0 atom stereocenters. The first-order valence-electron chi connectivity index (χ1n) is 4.77. The van der Waals surface area contributed by atoms with Gasteiger partial charge in [0.2, 0.25) is 0 Å². The van der Waals surface area contributed by atoms with E-state index in [0.717, 1.165) is 19.6 Å². The van der Waals surface area contributed by atoms with Crippen molar-refractivity contribution in [1.29, 1.82) is 0 Å². The lowest BCUT2D eigenvalue weighted by Crippen LogP contribution is -2.50. The predicted octanol–water partition coefficient (Wildman–Crippen LogP) is 2.12. The zero-order valence-electron chi connectivity index (χ0n) is 8.24. The molecule has 0 aliphatic carbocycles. The van der Waals surface area contributed by atoms with Crippen LogP contribution in [0, 0.1) is 3.57 Å². The van der Waals surface area contributed by atoms with E-state index in [4.69, 9.17) is 4.74 Å². The number of likely N-dealkylation sites (tertiary alicyclic amines) is 1. The summed E-state index contributed by atoms with van der Waals surface area (Å²) >= 11 is 2.33. The van der Waals surface area contributed by atoms with Gasteiger partial charge in [-0.25, -0.2) is 0 Å². The van der Waals surface area contributed by atoms with Crippen LogP contribution < -0.4 is 0 Å². The minimum absolute atomic E-state index is 0.457. The first kappa shape index (κ1) is 10.4. The summed E-state index contributed by atoms with van der Waals surface area (Å²) in [6, 6.07) is 8.71. The fraction of sp³-hybridized carbons (Fsp3) is 0.455. The van der Waals surface area contributed by atoms with E-state index in [9.17, 15) is 0 Å². The number of hydrogen-bond acceptors (Lipinski definition) is 2. The highest BCUT2D eigenvalue weighted by molar-refractivity contribution is 14.1. The van der Waals surface area contributed by atoms with Gasteiger partial charge in [-0.15, -0.1) is 0 Å². The third-order valence-corrected chi connectivity index (χ3v) is 3.30. The highest BCUT2D eigenvalue weighted by Gasteiger charge is 2.25. The summed E-state index contributed by atoms with van der Waals surface area (Å²) in [5.41, 5.74) is 1.39. The molecule has 3 heteroatoms. The van der Waals surface area contributed by atoms with E-state index in [-0.39, 0.29) is 0 Å². The predicted molar refractivity (Wildman–Crippen MR) is 65.2 cm³/mol. The van der Waals surface area contributed by atoms with E-state index in [1.165, 1.54) is 9.13 Å². The zero-order valence-corrected chi connectivity index (χ0v) is 10.4. The van der Waals surface area contributed by atoms with E-state index in [2.05, 4.69) is 51.8 Å². The van der Waals surface area contributed by atoms with Crippen molar-refractivity contribution >= 4 is 22.6 Å². The lowest BCUT2D eigenvalue weighted by molar-refractivity contribution is -0.0333. The molecule has 2 rings (SSSR count). The normalized spacial score (nSPS) is 18.1. The van der Waals surface area contributed by atoms with Crippen molar-refractivity contribution in [2.75, 3.05) is 20.2 Å². The van der Waals surface area contributed by atoms with Gasteiger partial charge in [0.05, 0.1) is 6.10 Å². The molecule has 0 radical (unpaired) electrons. The molecule has 1 saturated heterocycles. The summed E-state index contributed by atoms with van der Waals surface area (Å²) in [4.78, 5) is 2.40. The molecule has 1 aliphatic rings. The zero-order chi connectivity index (χ0) is 9.97. The van der Waals surface area contributed by atoms with Crippen LogP contribution in [0.3, 0.4) is 0 Å². The van der Waals surface area contributed by atoms with Gasteiger partial charge in [0, 0.05) is 30.3 Å². The number of ether oxygens (including phenoxy) is 1. The molecular formula is C11H14INO. The van der Waals surface area contributed by atoms with Crippen molar-refractivity contribution in [3.05, 3.63) is 33.4 Å². The molecule has 0 amide bonds. The minimum Gasteiger partial charge on any atom is -0.379 e. The highest BCUT2D eigenvalue weighted by atomic mass is 127. The minimum atomic E-state index is 0.457. The molecule has 2 nitrogen and oxygen atoms in total. The summed E-state index contributed by atoms with van der Waals surface area (Å²) in [7, 11) is 1.78. The molecule has 1 aromatic rings. The fourth-order valence-corrected chi connectivity index (χ4v) is 2.01. The highest BCUT2D eigenvalue weighted by Crippen LogP contribution is 2.15. The molecule has 1 aromatic carbocycles. The summed E-state index contributed by atoms with van der Waals surface area (Å²) in [6.45, 7) is 3.20. The molecule has 0 bridgehead atoms. The van der Waals surface area contributed by atoms with Crippen LogP contribution in [0.4, 0.5) is 0 Å². The van der Waals surface area contributed by atoms with E-state index in [1.807, 2.05) is 0 Å². The van der Waals surface area contributed by atoms with Crippen molar-refractivity contribution in [1.82, 2.24) is 4.90 Å². The quantitative estimate of drug-likeness (QED) is 0.793.